The number of nitrogens with zero attached hydrogens (tertiary/aromatic N) is 1. The molecule has 0 bridgehead atoms. The van der Waals surface area contributed by atoms with Gasteiger partial charge in [-0.05, 0) is 37.6 Å². The lowest BCUT2D eigenvalue weighted by Crippen LogP contribution is -2.17. The number of rotatable bonds is 5. The molecular weight excluding hydrogens is 228 g/mol. The fraction of sp³-hybridized carbons (Fsp3) is 0.545. The summed E-state index contributed by atoms with van der Waals surface area (Å²) in [7, 11) is 0. The molecule has 4 nitrogen and oxygen atoms in total. The van der Waals surface area contributed by atoms with Gasteiger partial charge in [-0.1, -0.05) is 0 Å². The minimum Gasteiger partial charge on any atom is -0.433 e. The Morgan fingerprint density at radius 1 is 1.53 bits per heavy atom. The number of pyridine rings is 1. The van der Waals surface area contributed by atoms with Gasteiger partial charge in [0, 0.05) is 6.54 Å². The molecule has 1 aromatic rings. The average Bonchev–Trinajstić information content (AvgIpc) is 2.80. The fourth-order valence-corrected chi connectivity index (χ4v) is 1.80. The molecule has 1 unspecified atom stereocenters. The summed E-state index contributed by atoms with van der Waals surface area (Å²) in [4.78, 5) is 4.00. The van der Waals surface area contributed by atoms with Crippen LogP contribution in [0.1, 0.15) is 6.42 Å². The molecule has 0 aromatic carbocycles. The summed E-state index contributed by atoms with van der Waals surface area (Å²) in [6, 6.07) is 3.12. The summed E-state index contributed by atoms with van der Waals surface area (Å²) in [5.74, 6) is 1.36. The van der Waals surface area contributed by atoms with Gasteiger partial charge in [-0.3, -0.25) is 0 Å². The Kier molecular flexibility index (Phi) is 4.08. The first kappa shape index (κ1) is 12.0. The third kappa shape index (κ3) is 3.81. The standard InChI is InChI=1S/C11H15F2N3O/c12-11(13)17-9-1-2-10(16-7-9)15-6-8-3-4-14-5-8/h1-2,7-8,11,14H,3-6H2,(H,15,16). The van der Waals surface area contributed by atoms with Crippen LogP contribution in [0.15, 0.2) is 18.3 Å². The summed E-state index contributed by atoms with van der Waals surface area (Å²) in [5, 5.41) is 6.45. The van der Waals surface area contributed by atoms with E-state index < -0.39 is 6.61 Å². The van der Waals surface area contributed by atoms with Gasteiger partial charge in [0.05, 0.1) is 6.20 Å². The van der Waals surface area contributed by atoms with Gasteiger partial charge < -0.3 is 15.4 Å². The molecule has 1 saturated heterocycles. The maximum Gasteiger partial charge on any atom is 0.387 e. The summed E-state index contributed by atoms with van der Waals surface area (Å²) >= 11 is 0. The van der Waals surface area contributed by atoms with Crippen molar-refractivity contribution in [1.29, 1.82) is 0 Å². The molecule has 94 valence electrons. The number of hydrogen-bond donors (Lipinski definition) is 2. The Hall–Kier alpha value is -1.43. The molecule has 0 aliphatic carbocycles. The van der Waals surface area contributed by atoms with Crippen LogP contribution in [0.2, 0.25) is 0 Å². The van der Waals surface area contributed by atoms with E-state index in [-0.39, 0.29) is 5.75 Å². The zero-order chi connectivity index (χ0) is 12.1. The third-order valence-electron chi connectivity index (χ3n) is 2.70. The first-order chi connectivity index (χ1) is 8.24. The lowest BCUT2D eigenvalue weighted by Gasteiger charge is -2.11. The van der Waals surface area contributed by atoms with Crippen molar-refractivity contribution in [3.05, 3.63) is 18.3 Å². The van der Waals surface area contributed by atoms with Gasteiger partial charge >= 0.3 is 6.61 Å². The SMILES string of the molecule is FC(F)Oc1ccc(NCC2CCNC2)nc1. The second-order valence-electron chi connectivity index (χ2n) is 4.00. The van der Waals surface area contributed by atoms with Crippen LogP contribution in [-0.4, -0.2) is 31.2 Å². The van der Waals surface area contributed by atoms with Crippen LogP contribution in [0, 0.1) is 5.92 Å². The topological polar surface area (TPSA) is 46.2 Å². The second-order valence-corrected chi connectivity index (χ2v) is 4.00. The maximum atomic E-state index is 11.9. The van der Waals surface area contributed by atoms with Crippen molar-refractivity contribution in [2.75, 3.05) is 25.0 Å². The zero-order valence-electron chi connectivity index (χ0n) is 9.33. The molecule has 1 aliphatic heterocycles. The lowest BCUT2D eigenvalue weighted by molar-refractivity contribution is -0.0500. The summed E-state index contributed by atoms with van der Waals surface area (Å²) in [6.45, 7) is 0.107. The molecule has 17 heavy (non-hydrogen) atoms. The van der Waals surface area contributed by atoms with Gasteiger partial charge in [-0.2, -0.15) is 8.78 Å². The van der Waals surface area contributed by atoms with Crippen molar-refractivity contribution < 1.29 is 13.5 Å². The molecular formula is C11H15F2N3O. The maximum absolute atomic E-state index is 11.9. The van der Waals surface area contributed by atoms with Crippen molar-refractivity contribution in [3.8, 4) is 5.75 Å². The highest BCUT2D eigenvalue weighted by atomic mass is 19.3. The molecule has 2 N–H and O–H groups in total. The number of halogens is 2. The Morgan fingerprint density at radius 2 is 2.41 bits per heavy atom. The van der Waals surface area contributed by atoms with Crippen LogP contribution >= 0.6 is 0 Å². The van der Waals surface area contributed by atoms with Gasteiger partial charge in [0.15, 0.2) is 0 Å². The highest BCUT2D eigenvalue weighted by molar-refractivity contribution is 5.37. The molecule has 0 saturated carbocycles. The number of hydrogen-bond acceptors (Lipinski definition) is 4. The quantitative estimate of drug-likeness (QED) is 0.826. The Balaban J connectivity index is 1.80. The van der Waals surface area contributed by atoms with Crippen LogP contribution < -0.4 is 15.4 Å². The Morgan fingerprint density at radius 3 is 3.00 bits per heavy atom. The van der Waals surface area contributed by atoms with Crippen LogP contribution in [0.25, 0.3) is 0 Å². The first-order valence-corrected chi connectivity index (χ1v) is 5.59. The van der Waals surface area contributed by atoms with E-state index in [1.807, 2.05) is 0 Å². The molecule has 1 aromatic heterocycles. The van der Waals surface area contributed by atoms with E-state index in [4.69, 9.17) is 0 Å². The Bertz CT molecular complexity index is 339. The number of ether oxygens (including phenoxy) is 1. The fourth-order valence-electron chi connectivity index (χ4n) is 1.80. The van der Waals surface area contributed by atoms with Crippen molar-refractivity contribution >= 4 is 5.82 Å². The number of aromatic nitrogens is 1. The van der Waals surface area contributed by atoms with Crippen LogP contribution in [-0.2, 0) is 0 Å². The largest absolute Gasteiger partial charge is 0.433 e. The van der Waals surface area contributed by atoms with Crippen molar-refractivity contribution in [3.63, 3.8) is 0 Å². The van der Waals surface area contributed by atoms with E-state index in [9.17, 15) is 8.78 Å². The molecule has 2 heterocycles. The summed E-state index contributed by atoms with van der Waals surface area (Å²) in [5.41, 5.74) is 0. The molecule has 6 heteroatoms. The molecule has 2 rings (SSSR count). The van der Waals surface area contributed by atoms with Gasteiger partial charge in [-0.25, -0.2) is 4.98 Å². The van der Waals surface area contributed by atoms with Crippen LogP contribution in [0.5, 0.6) is 5.75 Å². The molecule has 1 aliphatic rings. The van der Waals surface area contributed by atoms with Gasteiger partial charge in [0.2, 0.25) is 0 Å². The summed E-state index contributed by atoms with van der Waals surface area (Å²) < 4.78 is 28.0. The Labute approximate surface area is 98.4 Å². The van der Waals surface area contributed by atoms with E-state index in [1.165, 1.54) is 12.3 Å². The number of nitrogens with one attached hydrogen (secondary N) is 2. The second kappa shape index (κ2) is 5.77. The number of alkyl halides is 2. The van der Waals surface area contributed by atoms with Crippen LogP contribution in [0.3, 0.4) is 0 Å². The zero-order valence-corrected chi connectivity index (χ0v) is 9.33. The minimum atomic E-state index is -2.81. The van der Waals surface area contributed by atoms with E-state index in [1.54, 1.807) is 6.07 Å². The van der Waals surface area contributed by atoms with E-state index >= 15 is 0 Å². The third-order valence-corrected chi connectivity index (χ3v) is 2.70. The lowest BCUT2D eigenvalue weighted by atomic mass is 10.1. The van der Waals surface area contributed by atoms with E-state index in [2.05, 4.69) is 20.4 Å². The predicted octanol–water partition coefficient (Wildman–Crippen LogP) is 1.70. The van der Waals surface area contributed by atoms with Gasteiger partial charge in [0.25, 0.3) is 0 Å². The predicted molar refractivity (Wildman–Crippen MR) is 60.3 cm³/mol. The van der Waals surface area contributed by atoms with Crippen molar-refractivity contribution in [2.45, 2.75) is 13.0 Å². The van der Waals surface area contributed by atoms with Gasteiger partial charge in [0.1, 0.15) is 11.6 Å². The van der Waals surface area contributed by atoms with Crippen LogP contribution in [0.4, 0.5) is 14.6 Å². The number of anilines is 1. The molecule has 1 fully saturated rings. The molecule has 1 atom stereocenters. The van der Waals surface area contributed by atoms with Gasteiger partial charge in [-0.15, -0.1) is 0 Å². The average molecular weight is 243 g/mol. The molecule has 0 radical (unpaired) electrons. The normalized spacial score (nSPS) is 19.6. The monoisotopic (exact) mass is 243 g/mol. The smallest absolute Gasteiger partial charge is 0.387 e. The van der Waals surface area contributed by atoms with E-state index in [0.29, 0.717) is 11.7 Å². The minimum absolute atomic E-state index is 0.0769. The molecule has 0 spiro atoms. The van der Waals surface area contributed by atoms with E-state index in [0.717, 1.165) is 26.1 Å². The highest BCUT2D eigenvalue weighted by Crippen LogP contribution is 2.15. The summed E-state index contributed by atoms with van der Waals surface area (Å²) in [6.07, 6.45) is 2.45. The first-order valence-electron chi connectivity index (χ1n) is 5.59. The van der Waals surface area contributed by atoms with Crippen molar-refractivity contribution in [1.82, 2.24) is 10.3 Å². The highest BCUT2D eigenvalue weighted by Gasteiger charge is 2.13. The molecule has 0 amide bonds. The van der Waals surface area contributed by atoms with Crippen molar-refractivity contribution in [2.24, 2.45) is 5.92 Å².